The quantitative estimate of drug-likeness (QED) is 0.521. The fourth-order valence-corrected chi connectivity index (χ4v) is 4.95. The third-order valence-corrected chi connectivity index (χ3v) is 6.67. The summed E-state index contributed by atoms with van der Waals surface area (Å²) < 4.78 is 27.8. The average molecular weight is 468 g/mol. The van der Waals surface area contributed by atoms with E-state index in [4.69, 9.17) is 23.4 Å². The first-order valence-corrected chi connectivity index (χ1v) is 11.8. The van der Waals surface area contributed by atoms with Crippen molar-refractivity contribution in [2.24, 2.45) is 0 Å². The molecule has 1 amide bonds. The van der Waals surface area contributed by atoms with Gasteiger partial charge in [0.05, 0.1) is 11.8 Å². The lowest BCUT2D eigenvalue weighted by molar-refractivity contribution is -0.129. The number of carbonyl (C=O) groups excluding carboxylic acids is 1. The molecule has 1 atom stereocenters. The maximum atomic E-state index is 13.0. The van der Waals surface area contributed by atoms with E-state index in [1.165, 1.54) is 11.8 Å². The fraction of sp³-hybridized carbons (Fsp3) is 0.348. The third kappa shape index (κ3) is 3.95. The number of fused-ring (bicyclic) bond motifs is 2. The van der Waals surface area contributed by atoms with Crippen LogP contribution in [0.2, 0.25) is 0 Å². The number of likely N-dealkylation sites (tertiary alicyclic amines) is 1. The van der Waals surface area contributed by atoms with Crippen molar-refractivity contribution in [3.8, 4) is 34.5 Å². The van der Waals surface area contributed by atoms with Gasteiger partial charge in [0.2, 0.25) is 18.6 Å². The number of benzene rings is 2. The topological polar surface area (TPSA) is 96.2 Å². The van der Waals surface area contributed by atoms with Gasteiger partial charge in [-0.15, -0.1) is 10.2 Å². The highest BCUT2D eigenvalue weighted by atomic mass is 32.2. The lowest BCUT2D eigenvalue weighted by Crippen LogP contribution is -2.32. The van der Waals surface area contributed by atoms with Crippen LogP contribution >= 0.6 is 11.8 Å². The Morgan fingerprint density at radius 2 is 1.76 bits per heavy atom. The molecule has 1 aromatic heterocycles. The predicted octanol–water partition coefficient (Wildman–Crippen LogP) is 3.69. The third-order valence-electron chi connectivity index (χ3n) is 5.87. The second-order valence-electron chi connectivity index (χ2n) is 7.88. The number of carbonyl (C=O) groups is 1. The van der Waals surface area contributed by atoms with E-state index < -0.39 is 0 Å². The van der Waals surface area contributed by atoms with Crippen molar-refractivity contribution in [2.75, 3.05) is 32.3 Å². The number of rotatable bonds is 5. The second-order valence-corrected chi connectivity index (χ2v) is 8.80. The van der Waals surface area contributed by atoms with Crippen LogP contribution in [0.4, 0.5) is 0 Å². The number of aromatic nitrogens is 2. The summed E-state index contributed by atoms with van der Waals surface area (Å²) in [4.78, 5) is 14.9. The highest BCUT2D eigenvalue weighted by Crippen LogP contribution is 2.39. The van der Waals surface area contributed by atoms with Gasteiger partial charge in [-0.05, 0) is 48.7 Å². The van der Waals surface area contributed by atoms with Gasteiger partial charge in [0.15, 0.2) is 23.0 Å². The molecule has 3 aromatic rings. The molecule has 0 radical (unpaired) electrons. The van der Waals surface area contributed by atoms with Crippen LogP contribution in [-0.2, 0) is 4.79 Å². The Morgan fingerprint density at radius 1 is 0.970 bits per heavy atom. The molecule has 3 aliphatic rings. The van der Waals surface area contributed by atoms with Gasteiger partial charge >= 0.3 is 0 Å². The number of hydrogen-bond donors (Lipinski definition) is 0. The van der Waals surface area contributed by atoms with Crippen LogP contribution in [0, 0.1) is 0 Å². The Hall–Kier alpha value is -3.40. The van der Waals surface area contributed by atoms with Crippen LogP contribution in [0.1, 0.15) is 24.4 Å². The smallest absolute Gasteiger partial charge is 0.277 e. The summed E-state index contributed by atoms with van der Waals surface area (Å²) in [5.74, 6) is 3.48. The van der Waals surface area contributed by atoms with E-state index in [0.29, 0.717) is 35.8 Å². The molecule has 2 aromatic carbocycles. The molecule has 170 valence electrons. The second kappa shape index (κ2) is 8.51. The van der Waals surface area contributed by atoms with E-state index in [0.717, 1.165) is 42.0 Å². The first-order chi connectivity index (χ1) is 16.2. The van der Waals surface area contributed by atoms with E-state index >= 15 is 0 Å². The van der Waals surface area contributed by atoms with Crippen LogP contribution in [0.25, 0.3) is 11.5 Å². The number of nitrogens with zero attached hydrogens (tertiary/aromatic N) is 3. The van der Waals surface area contributed by atoms with E-state index in [2.05, 4.69) is 10.2 Å². The standard InChI is InChI=1S/C23H21N3O6S/c27-21(26-7-1-2-16(26)14-3-5-17-19(10-14)29-9-8-28-17)12-33-23-25-24-22(32-23)15-4-6-18-20(11-15)31-13-30-18/h3-6,10-11,16H,1-2,7-9,12-13H2/t16-/m1/s1. The van der Waals surface area contributed by atoms with Crippen LogP contribution in [0.3, 0.4) is 0 Å². The Bertz CT molecular complexity index is 1200. The largest absolute Gasteiger partial charge is 0.486 e. The van der Waals surface area contributed by atoms with Crippen molar-refractivity contribution in [3.05, 3.63) is 42.0 Å². The molecule has 4 heterocycles. The average Bonchev–Trinajstić information content (AvgIpc) is 3.62. The summed E-state index contributed by atoms with van der Waals surface area (Å²) in [6.45, 7) is 2.03. The Labute approximate surface area is 194 Å². The van der Waals surface area contributed by atoms with Crippen molar-refractivity contribution in [1.82, 2.24) is 15.1 Å². The van der Waals surface area contributed by atoms with Crippen molar-refractivity contribution in [1.29, 1.82) is 0 Å². The molecule has 0 saturated carbocycles. The van der Waals surface area contributed by atoms with Crippen LogP contribution < -0.4 is 18.9 Å². The molecule has 1 fully saturated rings. The molecule has 6 rings (SSSR count). The fourth-order valence-electron chi connectivity index (χ4n) is 4.30. The molecule has 0 bridgehead atoms. The molecule has 10 heteroatoms. The zero-order valence-corrected chi connectivity index (χ0v) is 18.5. The summed E-state index contributed by atoms with van der Waals surface area (Å²) in [5, 5.41) is 8.54. The van der Waals surface area contributed by atoms with Crippen LogP contribution in [-0.4, -0.2) is 53.3 Å². The van der Waals surface area contributed by atoms with Gasteiger partial charge in [0.25, 0.3) is 5.22 Å². The van der Waals surface area contributed by atoms with Gasteiger partial charge in [-0.1, -0.05) is 17.8 Å². The molecule has 0 N–H and O–H groups in total. The Balaban J connectivity index is 1.11. The molecule has 1 saturated heterocycles. The maximum Gasteiger partial charge on any atom is 0.277 e. The molecule has 33 heavy (non-hydrogen) atoms. The van der Waals surface area contributed by atoms with Gasteiger partial charge in [-0.2, -0.15) is 0 Å². The number of amides is 1. The minimum atomic E-state index is 0.0285. The van der Waals surface area contributed by atoms with Gasteiger partial charge in [-0.25, -0.2) is 0 Å². The maximum absolute atomic E-state index is 13.0. The zero-order valence-electron chi connectivity index (χ0n) is 17.7. The predicted molar refractivity (Wildman–Crippen MR) is 118 cm³/mol. The SMILES string of the molecule is O=C(CSc1nnc(-c2ccc3c(c2)OCO3)o1)N1CCC[C@@H]1c1ccc2c(c1)OCCO2. The Kier molecular flexibility index (Phi) is 5.21. The van der Waals surface area contributed by atoms with Crippen molar-refractivity contribution in [2.45, 2.75) is 24.1 Å². The van der Waals surface area contributed by atoms with Gasteiger partial charge in [0, 0.05) is 12.1 Å². The molecule has 3 aliphatic heterocycles. The first-order valence-electron chi connectivity index (χ1n) is 10.8. The first kappa shape index (κ1) is 20.2. The zero-order chi connectivity index (χ0) is 22.2. The van der Waals surface area contributed by atoms with Gasteiger partial charge in [-0.3, -0.25) is 4.79 Å². The number of thioether (sulfide) groups is 1. The van der Waals surface area contributed by atoms with E-state index in [-0.39, 0.29) is 24.5 Å². The van der Waals surface area contributed by atoms with Gasteiger partial charge < -0.3 is 28.3 Å². The summed E-state index contributed by atoms with van der Waals surface area (Å²) in [6, 6.07) is 11.4. The van der Waals surface area contributed by atoms with Crippen molar-refractivity contribution in [3.63, 3.8) is 0 Å². The lowest BCUT2D eigenvalue weighted by atomic mass is 10.0. The molecule has 0 unspecified atom stereocenters. The van der Waals surface area contributed by atoms with E-state index in [9.17, 15) is 4.79 Å². The highest BCUT2D eigenvalue weighted by molar-refractivity contribution is 7.99. The minimum Gasteiger partial charge on any atom is -0.486 e. The molecule has 9 nitrogen and oxygen atoms in total. The number of hydrogen-bond acceptors (Lipinski definition) is 9. The summed E-state index contributed by atoms with van der Waals surface area (Å²) in [7, 11) is 0. The normalized spacial score (nSPS) is 18.5. The minimum absolute atomic E-state index is 0.0285. The molecular formula is C23H21N3O6S. The molecular weight excluding hydrogens is 446 g/mol. The monoisotopic (exact) mass is 467 g/mol. The molecule has 0 spiro atoms. The van der Waals surface area contributed by atoms with E-state index in [1.807, 2.05) is 35.2 Å². The van der Waals surface area contributed by atoms with Crippen molar-refractivity contribution < 1.29 is 28.2 Å². The van der Waals surface area contributed by atoms with E-state index in [1.54, 1.807) is 6.07 Å². The van der Waals surface area contributed by atoms with Gasteiger partial charge in [0.1, 0.15) is 13.2 Å². The number of ether oxygens (including phenoxy) is 4. The van der Waals surface area contributed by atoms with Crippen LogP contribution in [0.15, 0.2) is 46.0 Å². The summed E-state index contributed by atoms with van der Waals surface area (Å²) >= 11 is 1.24. The molecule has 0 aliphatic carbocycles. The van der Waals surface area contributed by atoms with Crippen LogP contribution in [0.5, 0.6) is 23.0 Å². The lowest BCUT2D eigenvalue weighted by Gasteiger charge is -2.26. The summed E-state index contributed by atoms with van der Waals surface area (Å²) in [6.07, 6.45) is 1.88. The van der Waals surface area contributed by atoms with Crippen molar-refractivity contribution >= 4 is 17.7 Å². The highest BCUT2D eigenvalue weighted by Gasteiger charge is 2.31. The Morgan fingerprint density at radius 3 is 2.70 bits per heavy atom. The summed E-state index contributed by atoms with van der Waals surface area (Å²) in [5.41, 5.74) is 1.81.